The fraction of sp³-hybridized carbons (Fsp3) is 0.367. The first-order valence-corrected chi connectivity index (χ1v) is 12.7. The molecule has 0 aliphatic carbocycles. The van der Waals surface area contributed by atoms with Crippen molar-refractivity contribution in [3.05, 3.63) is 77.4 Å². The molecule has 0 amide bonds. The van der Waals surface area contributed by atoms with E-state index in [0.717, 1.165) is 23.1 Å². The van der Waals surface area contributed by atoms with Crippen LogP contribution in [0, 0.1) is 0 Å². The molecule has 2 atom stereocenters. The molecule has 5 N–H and O–H groups in total. The fourth-order valence-electron chi connectivity index (χ4n) is 4.45. The second-order valence-corrected chi connectivity index (χ2v) is 9.39. The Labute approximate surface area is 223 Å². The van der Waals surface area contributed by atoms with Gasteiger partial charge in [-0.15, -0.1) is 0 Å². The highest BCUT2D eigenvalue weighted by atomic mass is 16.5. The molecule has 0 saturated heterocycles. The highest BCUT2D eigenvalue weighted by Crippen LogP contribution is 2.40. The second-order valence-electron chi connectivity index (χ2n) is 9.39. The molecule has 204 valence electrons. The second kappa shape index (κ2) is 14.3. The van der Waals surface area contributed by atoms with Crippen molar-refractivity contribution in [3.63, 3.8) is 0 Å². The van der Waals surface area contributed by atoms with Gasteiger partial charge in [0.1, 0.15) is 12.5 Å². The van der Waals surface area contributed by atoms with Crippen LogP contribution in [-0.2, 0) is 17.6 Å². The van der Waals surface area contributed by atoms with Crippen molar-refractivity contribution in [3.8, 4) is 28.7 Å². The Balaban J connectivity index is 1.64. The molecular formula is C30H37NO7. The van der Waals surface area contributed by atoms with Crippen molar-refractivity contribution in [2.45, 2.75) is 50.5 Å². The largest absolute Gasteiger partial charge is 0.504 e. The number of benzene rings is 3. The van der Waals surface area contributed by atoms with Crippen LogP contribution in [0.25, 0.3) is 0 Å². The number of carbonyl (C=O) groups excluding carboxylic acids is 1. The van der Waals surface area contributed by atoms with Gasteiger partial charge in [0, 0.05) is 12.8 Å². The lowest BCUT2D eigenvalue weighted by Crippen LogP contribution is -2.18. The summed E-state index contributed by atoms with van der Waals surface area (Å²) in [4.78, 5) is 12.7. The number of Topliss-reactive ketones (excluding diaryl/α,β-unsaturated/α-hetero) is 1. The van der Waals surface area contributed by atoms with Gasteiger partial charge in [0.15, 0.2) is 23.0 Å². The number of aryl methyl sites for hydroxylation is 2. The van der Waals surface area contributed by atoms with Gasteiger partial charge in [-0.2, -0.15) is 0 Å². The van der Waals surface area contributed by atoms with Gasteiger partial charge < -0.3 is 29.9 Å². The van der Waals surface area contributed by atoms with E-state index in [1.54, 1.807) is 31.3 Å². The van der Waals surface area contributed by atoms with Crippen LogP contribution in [0.1, 0.15) is 48.3 Å². The molecule has 0 spiro atoms. The molecule has 0 bridgehead atoms. The van der Waals surface area contributed by atoms with Crippen LogP contribution in [0.2, 0.25) is 0 Å². The number of ketones is 1. The molecule has 0 saturated carbocycles. The third-order valence-electron chi connectivity index (χ3n) is 6.50. The lowest BCUT2D eigenvalue weighted by atomic mass is 9.86. The molecule has 3 rings (SSSR count). The zero-order valence-electron chi connectivity index (χ0n) is 21.9. The number of hydrogen-bond acceptors (Lipinski definition) is 8. The van der Waals surface area contributed by atoms with Crippen molar-refractivity contribution in [1.29, 1.82) is 0 Å². The maximum Gasteiger partial charge on any atom is 0.200 e. The van der Waals surface area contributed by atoms with Crippen LogP contribution in [0.4, 0.5) is 0 Å². The molecule has 3 aromatic carbocycles. The molecule has 0 aliphatic rings. The Hall–Kier alpha value is -3.75. The molecule has 3 aromatic rings. The SMILES string of the molecule is CNCOc1cc(CCC(=O)CC(O)CC(CCc2ccccc2)c2cc(O)c(O)c(OC)c2)ccc1O. The molecule has 0 aliphatic heterocycles. The zero-order valence-corrected chi connectivity index (χ0v) is 21.9. The fourth-order valence-corrected chi connectivity index (χ4v) is 4.45. The molecular weight excluding hydrogens is 486 g/mol. The Morgan fingerprint density at radius 2 is 1.68 bits per heavy atom. The molecule has 0 aromatic heterocycles. The number of nitrogens with one attached hydrogen (secondary N) is 1. The van der Waals surface area contributed by atoms with E-state index in [2.05, 4.69) is 5.32 Å². The minimum absolute atomic E-state index is 0.00420. The maximum atomic E-state index is 12.7. The van der Waals surface area contributed by atoms with Crippen molar-refractivity contribution >= 4 is 5.78 Å². The van der Waals surface area contributed by atoms with E-state index >= 15 is 0 Å². The predicted octanol–water partition coefficient (Wildman–Crippen LogP) is 4.43. The van der Waals surface area contributed by atoms with Crippen LogP contribution in [0.3, 0.4) is 0 Å². The van der Waals surface area contributed by atoms with Gasteiger partial charge in [-0.1, -0.05) is 36.4 Å². The maximum absolute atomic E-state index is 12.7. The Morgan fingerprint density at radius 3 is 2.39 bits per heavy atom. The van der Waals surface area contributed by atoms with Crippen molar-refractivity contribution in [1.82, 2.24) is 5.32 Å². The number of aliphatic hydroxyl groups excluding tert-OH is 1. The Bertz CT molecular complexity index is 1180. The summed E-state index contributed by atoms with van der Waals surface area (Å²) in [5, 5.41) is 43.9. The first kappa shape index (κ1) is 28.8. The number of carbonyl (C=O) groups is 1. The van der Waals surface area contributed by atoms with E-state index in [9.17, 15) is 25.2 Å². The monoisotopic (exact) mass is 523 g/mol. The van der Waals surface area contributed by atoms with Crippen LogP contribution >= 0.6 is 0 Å². The topological polar surface area (TPSA) is 128 Å². The van der Waals surface area contributed by atoms with Crippen LogP contribution in [-0.4, -0.2) is 53.2 Å². The minimum atomic E-state index is -0.875. The molecule has 0 fully saturated rings. The van der Waals surface area contributed by atoms with Crippen molar-refractivity contribution in [2.75, 3.05) is 20.9 Å². The number of phenolic OH excluding ortho intramolecular Hbond substituents is 3. The normalized spacial score (nSPS) is 12.6. The first-order valence-electron chi connectivity index (χ1n) is 12.7. The third-order valence-corrected chi connectivity index (χ3v) is 6.50. The van der Waals surface area contributed by atoms with Gasteiger partial charge >= 0.3 is 0 Å². The number of methoxy groups -OCH3 is 1. The summed E-state index contributed by atoms with van der Waals surface area (Å²) in [6.07, 6.45) is 1.56. The predicted molar refractivity (Wildman–Crippen MR) is 145 cm³/mol. The summed E-state index contributed by atoms with van der Waals surface area (Å²) in [5.41, 5.74) is 2.71. The van der Waals surface area contributed by atoms with Gasteiger partial charge in [0.05, 0.1) is 13.2 Å². The van der Waals surface area contributed by atoms with Gasteiger partial charge in [0.2, 0.25) is 5.75 Å². The summed E-state index contributed by atoms with van der Waals surface area (Å²) in [7, 11) is 3.15. The number of phenols is 3. The van der Waals surface area contributed by atoms with Gasteiger partial charge in [-0.3, -0.25) is 10.1 Å². The van der Waals surface area contributed by atoms with Crippen LogP contribution in [0.15, 0.2) is 60.7 Å². The number of hydrogen-bond donors (Lipinski definition) is 5. The molecule has 38 heavy (non-hydrogen) atoms. The quantitative estimate of drug-likeness (QED) is 0.146. The summed E-state index contributed by atoms with van der Waals surface area (Å²) < 4.78 is 10.6. The summed E-state index contributed by atoms with van der Waals surface area (Å²) in [6, 6.07) is 18.1. The molecule has 8 nitrogen and oxygen atoms in total. The van der Waals surface area contributed by atoms with Crippen LogP contribution < -0.4 is 14.8 Å². The highest BCUT2D eigenvalue weighted by molar-refractivity contribution is 5.79. The lowest BCUT2D eigenvalue weighted by Gasteiger charge is -2.22. The number of aliphatic hydroxyl groups is 1. The van der Waals surface area contributed by atoms with Gasteiger partial charge in [0.25, 0.3) is 0 Å². The number of ether oxygens (including phenoxy) is 2. The van der Waals surface area contributed by atoms with Gasteiger partial charge in [-0.05, 0) is 79.6 Å². The summed E-state index contributed by atoms with van der Waals surface area (Å²) >= 11 is 0. The average Bonchev–Trinajstić information content (AvgIpc) is 2.91. The lowest BCUT2D eigenvalue weighted by molar-refractivity contribution is -0.121. The Morgan fingerprint density at radius 1 is 0.921 bits per heavy atom. The Kier molecular flexibility index (Phi) is 10.8. The first-order chi connectivity index (χ1) is 18.3. The van der Waals surface area contributed by atoms with E-state index < -0.39 is 6.10 Å². The van der Waals surface area contributed by atoms with E-state index in [4.69, 9.17) is 9.47 Å². The van der Waals surface area contributed by atoms with E-state index in [1.165, 1.54) is 13.2 Å². The van der Waals surface area contributed by atoms with E-state index in [-0.39, 0.29) is 54.3 Å². The molecule has 2 unspecified atom stereocenters. The van der Waals surface area contributed by atoms with Crippen molar-refractivity contribution in [2.24, 2.45) is 0 Å². The standard InChI is InChI=1S/C30H37NO7/c1-31-19-38-28-14-21(10-13-26(28)34)9-12-24(32)18-25(33)15-22(11-8-20-6-4-3-5-7-20)23-16-27(35)30(36)29(17-23)37-2/h3-7,10,13-14,16-17,22,25,31,33-36H,8-9,11-12,15,18-19H2,1-2H3. The molecule has 8 heteroatoms. The molecule has 0 radical (unpaired) electrons. The number of rotatable bonds is 15. The molecule has 0 heterocycles. The zero-order chi connectivity index (χ0) is 27.5. The van der Waals surface area contributed by atoms with E-state index in [1.807, 2.05) is 30.3 Å². The third kappa shape index (κ3) is 8.39. The van der Waals surface area contributed by atoms with E-state index in [0.29, 0.717) is 25.0 Å². The van der Waals surface area contributed by atoms with Crippen molar-refractivity contribution < 1.29 is 34.7 Å². The average molecular weight is 524 g/mol. The number of aromatic hydroxyl groups is 3. The minimum Gasteiger partial charge on any atom is -0.504 e. The van der Waals surface area contributed by atoms with Gasteiger partial charge in [-0.25, -0.2) is 0 Å². The summed E-state index contributed by atoms with van der Waals surface area (Å²) in [6.45, 7) is 0.248. The van der Waals surface area contributed by atoms with Crippen LogP contribution in [0.5, 0.6) is 28.7 Å². The smallest absolute Gasteiger partial charge is 0.200 e. The highest BCUT2D eigenvalue weighted by Gasteiger charge is 2.22. The summed E-state index contributed by atoms with van der Waals surface area (Å²) in [5.74, 6) is -0.340.